The second kappa shape index (κ2) is 6.48. The predicted octanol–water partition coefficient (Wildman–Crippen LogP) is 0.439. The van der Waals surface area contributed by atoms with Crippen molar-refractivity contribution in [2.24, 2.45) is 0 Å². The van der Waals surface area contributed by atoms with E-state index in [9.17, 15) is 13.2 Å². The lowest BCUT2D eigenvalue weighted by molar-refractivity contribution is 0.0697. The van der Waals surface area contributed by atoms with Crippen LogP contribution in [-0.4, -0.2) is 43.3 Å². The topological polar surface area (TPSA) is 108 Å². The van der Waals surface area contributed by atoms with Crippen molar-refractivity contribution in [3.8, 4) is 0 Å². The van der Waals surface area contributed by atoms with Gasteiger partial charge in [0.1, 0.15) is 5.56 Å². The molecule has 106 valence electrons. The highest BCUT2D eigenvalue weighted by Crippen LogP contribution is 2.15. The number of anilines is 1. The third-order valence-electron chi connectivity index (χ3n) is 2.32. The fourth-order valence-electron chi connectivity index (χ4n) is 1.49. The zero-order valence-electron chi connectivity index (χ0n) is 10.8. The van der Waals surface area contributed by atoms with E-state index in [4.69, 9.17) is 5.11 Å². The summed E-state index contributed by atoms with van der Waals surface area (Å²) in [7, 11) is -3.32. The van der Waals surface area contributed by atoms with Crippen LogP contribution in [0.25, 0.3) is 0 Å². The number of hydrogen-bond donors (Lipinski definition) is 3. The van der Waals surface area contributed by atoms with Crippen molar-refractivity contribution in [1.82, 2.24) is 9.71 Å². The Hall–Kier alpha value is -1.67. The minimum atomic E-state index is -3.32. The quantitative estimate of drug-likeness (QED) is 0.671. The first kappa shape index (κ1) is 15.4. The van der Waals surface area contributed by atoms with Crippen LogP contribution >= 0.6 is 0 Å². The smallest absolute Gasteiger partial charge is 0.339 e. The summed E-state index contributed by atoms with van der Waals surface area (Å²) >= 11 is 0. The number of rotatable bonds is 7. The summed E-state index contributed by atoms with van der Waals surface area (Å²) in [6.45, 7) is 3.88. The summed E-state index contributed by atoms with van der Waals surface area (Å²) < 4.78 is 25.2. The molecule has 0 aromatic carbocycles. The number of carboxylic acid groups (broad SMARTS) is 1. The van der Waals surface area contributed by atoms with Crippen molar-refractivity contribution in [2.75, 3.05) is 24.2 Å². The standard InChI is InChI=1S/C11H17N3O4S/c1-3-14-19(17,18)5-4-12-10-6-8(2)13-7-9(10)11(15)16/h6-7,14H,3-5H2,1-2H3,(H,12,13)(H,15,16). The minimum Gasteiger partial charge on any atom is -0.478 e. The van der Waals surface area contributed by atoms with Gasteiger partial charge in [0.05, 0.1) is 11.4 Å². The molecule has 0 radical (unpaired) electrons. The van der Waals surface area contributed by atoms with Crippen molar-refractivity contribution in [3.05, 3.63) is 23.5 Å². The number of aryl methyl sites for hydroxylation is 1. The van der Waals surface area contributed by atoms with E-state index < -0.39 is 16.0 Å². The fraction of sp³-hybridized carbons (Fsp3) is 0.455. The van der Waals surface area contributed by atoms with Crippen LogP contribution < -0.4 is 10.0 Å². The highest BCUT2D eigenvalue weighted by atomic mass is 32.2. The maximum atomic E-state index is 11.4. The number of nitrogens with one attached hydrogen (secondary N) is 2. The Morgan fingerprint density at radius 3 is 2.74 bits per heavy atom. The van der Waals surface area contributed by atoms with Crippen LogP contribution in [0, 0.1) is 6.92 Å². The average Bonchev–Trinajstić information content (AvgIpc) is 2.28. The first-order chi connectivity index (χ1) is 8.85. The van der Waals surface area contributed by atoms with Crippen LogP contribution in [0.3, 0.4) is 0 Å². The fourth-order valence-corrected chi connectivity index (χ4v) is 2.44. The molecule has 7 nitrogen and oxygen atoms in total. The molecule has 1 aromatic heterocycles. The van der Waals surface area contributed by atoms with Crippen molar-refractivity contribution < 1.29 is 18.3 Å². The van der Waals surface area contributed by atoms with Crippen molar-refractivity contribution in [2.45, 2.75) is 13.8 Å². The number of nitrogens with zero attached hydrogens (tertiary/aromatic N) is 1. The van der Waals surface area contributed by atoms with Crippen LogP contribution in [0.15, 0.2) is 12.3 Å². The van der Waals surface area contributed by atoms with Crippen LogP contribution in [-0.2, 0) is 10.0 Å². The largest absolute Gasteiger partial charge is 0.478 e. The lowest BCUT2D eigenvalue weighted by Gasteiger charge is -2.10. The van der Waals surface area contributed by atoms with E-state index in [0.717, 1.165) is 0 Å². The van der Waals surface area contributed by atoms with Crippen molar-refractivity contribution in [3.63, 3.8) is 0 Å². The molecule has 0 atom stereocenters. The molecule has 19 heavy (non-hydrogen) atoms. The van der Waals surface area contributed by atoms with E-state index >= 15 is 0 Å². The molecule has 0 aliphatic rings. The average molecular weight is 287 g/mol. The molecule has 0 fully saturated rings. The molecule has 1 rings (SSSR count). The van der Waals surface area contributed by atoms with Crippen molar-refractivity contribution >= 4 is 21.7 Å². The Kier molecular flexibility index (Phi) is 5.25. The summed E-state index contributed by atoms with van der Waals surface area (Å²) in [6, 6.07) is 1.57. The van der Waals surface area contributed by atoms with Gasteiger partial charge in [0.15, 0.2) is 0 Å². The lowest BCUT2D eigenvalue weighted by atomic mass is 10.2. The molecule has 1 heterocycles. The summed E-state index contributed by atoms with van der Waals surface area (Å²) in [6.07, 6.45) is 1.25. The van der Waals surface area contributed by atoms with Gasteiger partial charge in [-0.2, -0.15) is 0 Å². The summed E-state index contributed by atoms with van der Waals surface area (Å²) in [5.74, 6) is -1.23. The minimum absolute atomic E-state index is 0.0199. The van der Waals surface area contributed by atoms with Gasteiger partial charge in [-0.25, -0.2) is 17.9 Å². The maximum absolute atomic E-state index is 11.4. The third kappa shape index (κ3) is 4.84. The first-order valence-corrected chi connectivity index (χ1v) is 7.42. The zero-order valence-corrected chi connectivity index (χ0v) is 11.6. The van der Waals surface area contributed by atoms with Gasteiger partial charge in [-0.05, 0) is 13.0 Å². The highest BCUT2D eigenvalue weighted by Gasteiger charge is 2.12. The molecule has 0 saturated heterocycles. The van der Waals surface area contributed by atoms with E-state index in [1.54, 1.807) is 19.9 Å². The van der Waals surface area contributed by atoms with Gasteiger partial charge in [-0.3, -0.25) is 4.98 Å². The SMILES string of the molecule is CCNS(=O)(=O)CCNc1cc(C)ncc1C(=O)O. The van der Waals surface area contributed by atoms with Crippen LogP contribution in [0.4, 0.5) is 5.69 Å². The monoisotopic (exact) mass is 287 g/mol. The molecule has 8 heteroatoms. The second-order valence-corrected chi connectivity index (χ2v) is 5.85. The van der Waals surface area contributed by atoms with Gasteiger partial charge in [0.25, 0.3) is 0 Å². The zero-order chi connectivity index (χ0) is 14.5. The molecule has 0 unspecified atom stereocenters. The Labute approximate surface area is 112 Å². The second-order valence-electron chi connectivity index (χ2n) is 3.92. The summed E-state index contributed by atoms with van der Waals surface area (Å²) in [4.78, 5) is 14.9. The van der Waals surface area contributed by atoms with Gasteiger partial charge in [0, 0.05) is 25.0 Å². The molecule has 0 spiro atoms. The Morgan fingerprint density at radius 2 is 2.16 bits per heavy atom. The molecule has 3 N–H and O–H groups in total. The normalized spacial score (nSPS) is 11.3. The predicted molar refractivity (Wildman–Crippen MR) is 71.9 cm³/mol. The molecule has 0 amide bonds. The molecular weight excluding hydrogens is 270 g/mol. The van der Waals surface area contributed by atoms with Crippen molar-refractivity contribution in [1.29, 1.82) is 0 Å². The van der Waals surface area contributed by atoms with Gasteiger partial charge in [0.2, 0.25) is 10.0 Å². The van der Waals surface area contributed by atoms with Gasteiger partial charge in [-0.1, -0.05) is 6.92 Å². The van der Waals surface area contributed by atoms with Gasteiger partial charge >= 0.3 is 5.97 Å². The molecule has 0 saturated carbocycles. The number of carboxylic acids is 1. The van der Waals surface area contributed by atoms with E-state index in [1.807, 2.05) is 0 Å². The summed E-state index contributed by atoms with van der Waals surface area (Å²) in [5.41, 5.74) is 1.04. The highest BCUT2D eigenvalue weighted by molar-refractivity contribution is 7.89. The molecule has 0 aliphatic carbocycles. The molecular formula is C11H17N3O4S. The number of aromatic nitrogens is 1. The Balaban J connectivity index is 2.73. The van der Waals surface area contributed by atoms with Gasteiger partial charge in [-0.15, -0.1) is 0 Å². The number of sulfonamides is 1. The molecule has 1 aromatic rings. The van der Waals surface area contributed by atoms with E-state index in [2.05, 4.69) is 15.0 Å². The van der Waals surface area contributed by atoms with Gasteiger partial charge < -0.3 is 10.4 Å². The number of hydrogen-bond acceptors (Lipinski definition) is 5. The Morgan fingerprint density at radius 1 is 1.47 bits per heavy atom. The van der Waals surface area contributed by atoms with E-state index in [0.29, 0.717) is 17.9 Å². The lowest BCUT2D eigenvalue weighted by Crippen LogP contribution is -2.29. The first-order valence-electron chi connectivity index (χ1n) is 5.77. The van der Waals surface area contributed by atoms with E-state index in [-0.39, 0.29) is 17.9 Å². The van der Waals surface area contributed by atoms with Crippen LogP contribution in [0.1, 0.15) is 23.0 Å². The van der Waals surface area contributed by atoms with E-state index in [1.165, 1.54) is 6.20 Å². The number of aromatic carboxylic acids is 1. The van der Waals surface area contributed by atoms with Crippen LogP contribution in [0.2, 0.25) is 0 Å². The third-order valence-corrected chi connectivity index (χ3v) is 3.79. The summed E-state index contributed by atoms with van der Waals surface area (Å²) in [5, 5.41) is 11.8. The number of pyridine rings is 1. The maximum Gasteiger partial charge on any atom is 0.339 e. The Bertz CT molecular complexity index is 557. The molecule has 0 bridgehead atoms. The molecule has 0 aliphatic heterocycles. The number of carbonyl (C=O) groups is 1. The van der Waals surface area contributed by atoms with Crippen LogP contribution in [0.5, 0.6) is 0 Å².